The SMILES string of the molecule is CCC12NC(=O)NC1C(Nc1cccc(C(=O)CO)c1)C(O)(COC(=O)c1c(C)cccc1O)C2(C)O. The molecule has 198 valence electrons. The third-order valence-electron chi connectivity index (χ3n) is 7.80. The molecule has 2 amide bonds. The van der Waals surface area contributed by atoms with Gasteiger partial charge in [-0.2, -0.15) is 0 Å². The number of phenolic OH excluding ortho intramolecular Hbond substituents is 1. The predicted octanol–water partition coefficient (Wildman–Crippen LogP) is 0.839. The summed E-state index contributed by atoms with van der Waals surface area (Å²) in [5.41, 5.74) is -4.52. The van der Waals surface area contributed by atoms with Crippen LogP contribution in [0.15, 0.2) is 42.5 Å². The van der Waals surface area contributed by atoms with Crippen molar-refractivity contribution in [3.63, 3.8) is 0 Å². The second kappa shape index (κ2) is 9.33. The number of hydrogen-bond donors (Lipinski definition) is 7. The molecule has 0 aromatic heterocycles. The van der Waals surface area contributed by atoms with Gasteiger partial charge in [0.15, 0.2) is 11.4 Å². The maximum atomic E-state index is 12.9. The van der Waals surface area contributed by atoms with Crippen LogP contribution in [-0.2, 0) is 4.74 Å². The molecule has 1 saturated heterocycles. The van der Waals surface area contributed by atoms with E-state index in [1.54, 1.807) is 38.1 Å². The number of ketones is 1. The van der Waals surface area contributed by atoms with Crippen LogP contribution in [0.25, 0.3) is 0 Å². The fourth-order valence-electron chi connectivity index (χ4n) is 5.64. The van der Waals surface area contributed by atoms with Gasteiger partial charge in [0.1, 0.15) is 30.1 Å². The number of fused-ring (bicyclic) bond motifs is 1. The molecule has 0 bridgehead atoms. The summed E-state index contributed by atoms with van der Waals surface area (Å²) in [5.74, 6) is -1.69. The van der Waals surface area contributed by atoms with Crippen molar-refractivity contribution in [2.45, 2.75) is 56.0 Å². The highest BCUT2D eigenvalue weighted by atomic mass is 16.5. The van der Waals surface area contributed by atoms with E-state index < -0.39 is 59.8 Å². The first-order valence-electron chi connectivity index (χ1n) is 11.9. The van der Waals surface area contributed by atoms with Crippen LogP contribution in [0.1, 0.15) is 46.5 Å². The van der Waals surface area contributed by atoms with Crippen molar-refractivity contribution in [2.24, 2.45) is 0 Å². The summed E-state index contributed by atoms with van der Waals surface area (Å²) in [7, 11) is 0. The van der Waals surface area contributed by atoms with Crippen molar-refractivity contribution in [1.29, 1.82) is 0 Å². The number of rotatable bonds is 8. The van der Waals surface area contributed by atoms with Gasteiger partial charge in [-0.1, -0.05) is 31.2 Å². The molecule has 7 N–H and O–H groups in total. The van der Waals surface area contributed by atoms with Crippen molar-refractivity contribution in [3.05, 3.63) is 59.2 Å². The number of nitrogens with one attached hydrogen (secondary N) is 3. The number of phenols is 1. The molecule has 11 nitrogen and oxygen atoms in total. The summed E-state index contributed by atoms with van der Waals surface area (Å²) in [6.45, 7) is 3.36. The first kappa shape index (κ1) is 26.4. The number of urea groups is 1. The Balaban J connectivity index is 1.73. The van der Waals surface area contributed by atoms with Crippen LogP contribution in [0, 0.1) is 6.92 Å². The molecule has 0 radical (unpaired) electrons. The molecule has 11 heteroatoms. The van der Waals surface area contributed by atoms with Gasteiger partial charge in [0.05, 0.1) is 17.6 Å². The molecule has 2 aromatic rings. The predicted molar refractivity (Wildman–Crippen MR) is 132 cm³/mol. The van der Waals surface area contributed by atoms with Crippen LogP contribution in [0.3, 0.4) is 0 Å². The van der Waals surface area contributed by atoms with Crippen LogP contribution < -0.4 is 16.0 Å². The molecule has 5 atom stereocenters. The molecule has 0 spiro atoms. The number of aryl methyl sites for hydroxylation is 1. The van der Waals surface area contributed by atoms with E-state index in [1.807, 2.05) is 0 Å². The number of benzene rings is 2. The topological polar surface area (TPSA) is 177 Å². The summed E-state index contributed by atoms with van der Waals surface area (Å²) in [5, 5.41) is 51.8. The quantitative estimate of drug-likeness (QED) is 0.199. The number of aliphatic hydroxyl groups is 3. The molecule has 37 heavy (non-hydrogen) atoms. The Kier molecular flexibility index (Phi) is 6.65. The minimum absolute atomic E-state index is 0.0692. The fraction of sp³-hybridized carbons (Fsp3) is 0.423. The summed E-state index contributed by atoms with van der Waals surface area (Å²) >= 11 is 0. The lowest BCUT2D eigenvalue weighted by Gasteiger charge is -2.44. The third-order valence-corrected chi connectivity index (χ3v) is 7.80. The highest BCUT2D eigenvalue weighted by molar-refractivity contribution is 5.97. The molecule has 1 saturated carbocycles. The van der Waals surface area contributed by atoms with E-state index in [4.69, 9.17) is 4.74 Å². The number of amides is 2. The average Bonchev–Trinajstić information content (AvgIpc) is 3.27. The number of ether oxygens (including phenoxy) is 1. The number of aromatic hydroxyl groups is 1. The second-order valence-corrected chi connectivity index (χ2v) is 9.73. The second-order valence-electron chi connectivity index (χ2n) is 9.73. The van der Waals surface area contributed by atoms with Crippen molar-refractivity contribution in [2.75, 3.05) is 18.5 Å². The Morgan fingerprint density at radius 3 is 2.51 bits per heavy atom. The lowest BCUT2D eigenvalue weighted by atomic mass is 9.75. The zero-order valence-electron chi connectivity index (χ0n) is 20.7. The van der Waals surface area contributed by atoms with Gasteiger partial charge in [-0.15, -0.1) is 0 Å². The molecule has 1 aliphatic carbocycles. The van der Waals surface area contributed by atoms with E-state index in [1.165, 1.54) is 25.1 Å². The zero-order valence-corrected chi connectivity index (χ0v) is 20.7. The molecule has 4 rings (SSSR count). The minimum atomic E-state index is -2.15. The number of aliphatic hydroxyl groups excluding tert-OH is 1. The molecule has 2 fully saturated rings. The van der Waals surface area contributed by atoms with Crippen LogP contribution in [0.5, 0.6) is 5.75 Å². The van der Waals surface area contributed by atoms with E-state index in [2.05, 4.69) is 16.0 Å². The van der Waals surface area contributed by atoms with E-state index in [9.17, 15) is 34.8 Å². The first-order valence-corrected chi connectivity index (χ1v) is 11.9. The first-order chi connectivity index (χ1) is 17.4. The maximum absolute atomic E-state index is 12.9. The van der Waals surface area contributed by atoms with Crippen molar-refractivity contribution in [3.8, 4) is 5.75 Å². The third kappa shape index (κ3) is 3.99. The summed E-state index contributed by atoms with van der Waals surface area (Å²) in [6, 6.07) is 8.25. The average molecular weight is 514 g/mol. The molecule has 1 heterocycles. The monoisotopic (exact) mass is 513 g/mol. The Hall–Kier alpha value is -3.67. The van der Waals surface area contributed by atoms with Gasteiger partial charge in [0.2, 0.25) is 0 Å². The number of esters is 1. The standard InChI is InChI=1S/C26H31N3O8/c1-4-25-20(28-23(34)29-25)21(27-16-9-6-8-15(11-16)18(32)12-30)26(36,24(25,3)35)13-37-22(33)19-14(2)7-5-10-17(19)31/h5-11,20-21,27,30-31,35-36H,4,12-13H2,1-3H3,(H2,28,29,34). The smallest absolute Gasteiger partial charge is 0.342 e. The summed E-state index contributed by atoms with van der Waals surface area (Å²) < 4.78 is 5.46. The fourth-order valence-corrected chi connectivity index (χ4v) is 5.64. The minimum Gasteiger partial charge on any atom is -0.507 e. The lowest BCUT2D eigenvalue weighted by Crippen LogP contribution is -2.68. The van der Waals surface area contributed by atoms with Crippen LogP contribution >= 0.6 is 0 Å². The van der Waals surface area contributed by atoms with E-state index in [0.29, 0.717) is 11.3 Å². The Morgan fingerprint density at radius 1 is 1.16 bits per heavy atom. The van der Waals surface area contributed by atoms with Crippen molar-refractivity contribution >= 4 is 23.5 Å². The van der Waals surface area contributed by atoms with Gasteiger partial charge in [-0.05, 0) is 44.0 Å². The zero-order chi connectivity index (χ0) is 27.2. The molecule has 1 aliphatic heterocycles. The molecule has 5 unspecified atom stereocenters. The van der Waals surface area contributed by atoms with Crippen LogP contribution in [-0.4, -0.2) is 80.2 Å². The molecular formula is C26H31N3O8. The normalized spacial score (nSPS) is 30.3. The van der Waals surface area contributed by atoms with E-state index in [-0.39, 0.29) is 23.3 Å². The summed E-state index contributed by atoms with van der Waals surface area (Å²) in [4.78, 5) is 37.3. The lowest BCUT2D eigenvalue weighted by molar-refractivity contribution is -0.171. The number of carbonyl (C=O) groups is 3. The van der Waals surface area contributed by atoms with Gasteiger partial charge in [0, 0.05) is 11.3 Å². The number of Topliss-reactive ketones (excluding diaryl/α,β-unsaturated/α-hetero) is 1. The number of carbonyl (C=O) groups excluding carboxylic acids is 3. The Morgan fingerprint density at radius 2 is 1.86 bits per heavy atom. The summed E-state index contributed by atoms with van der Waals surface area (Å²) in [6.07, 6.45) is 0.222. The van der Waals surface area contributed by atoms with Gasteiger partial charge in [-0.25, -0.2) is 9.59 Å². The Labute approximate surface area is 213 Å². The molecular weight excluding hydrogens is 482 g/mol. The van der Waals surface area contributed by atoms with Gasteiger partial charge >= 0.3 is 12.0 Å². The van der Waals surface area contributed by atoms with Crippen LogP contribution in [0.2, 0.25) is 0 Å². The van der Waals surface area contributed by atoms with E-state index >= 15 is 0 Å². The Bertz CT molecular complexity index is 1230. The highest BCUT2D eigenvalue weighted by Gasteiger charge is 2.77. The number of anilines is 1. The van der Waals surface area contributed by atoms with E-state index in [0.717, 1.165) is 0 Å². The highest BCUT2D eigenvalue weighted by Crippen LogP contribution is 2.51. The van der Waals surface area contributed by atoms with Crippen molar-refractivity contribution in [1.82, 2.24) is 10.6 Å². The van der Waals surface area contributed by atoms with Gasteiger partial charge in [0.25, 0.3) is 0 Å². The molecule has 2 aromatic carbocycles. The van der Waals surface area contributed by atoms with Gasteiger partial charge in [-0.3, -0.25) is 4.79 Å². The van der Waals surface area contributed by atoms with Crippen LogP contribution in [0.4, 0.5) is 10.5 Å². The molecule has 2 aliphatic rings. The van der Waals surface area contributed by atoms with Crippen molar-refractivity contribution < 1.29 is 39.5 Å². The maximum Gasteiger partial charge on any atom is 0.342 e. The van der Waals surface area contributed by atoms with Gasteiger partial charge < -0.3 is 41.1 Å². The number of hydrogen-bond acceptors (Lipinski definition) is 9. The largest absolute Gasteiger partial charge is 0.507 e.